The molecule has 0 bridgehead atoms. The van der Waals surface area contributed by atoms with Gasteiger partial charge in [-0.25, -0.2) is 9.67 Å². The summed E-state index contributed by atoms with van der Waals surface area (Å²) in [7, 11) is 0. The lowest BCUT2D eigenvalue weighted by Gasteiger charge is -2.20. The summed E-state index contributed by atoms with van der Waals surface area (Å²) >= 11 is 0. The second kappa shape index (κ2) is 8.01. The summed E-state index contributed by atoms with van der Waals surface area (Å²) in [6.07, 6.45) is 0.935. The van der Waals surface area contributed by atoms with Crippen molar-refractivity contribution in [2.24, 2.45) is 0 Å². The van der Waals surface area contributed by atoms with Crippen molar-refractivity contribution in [2.75, 3.05) is 5.32 Å². The van der Waals surface area contributed by atoms with E-state index >= 15 is 0 Å². The summed E-state index contributed by atoms with van der Waals surface area (Å²) in [6, 6.07) is 7.01. The number of carbonyl (C=O) groups is 2. The maximum atomic E-state index is 12.5. The van der Waals surface area contributed by atoms with Crippen molar-refractivity contribution in [2.45, 2.75) is 66.8 Å². The van der Waals surface area contributed by atoms with Crippen molar-refractivity contribution in [1.82, 2.24) is 14.8 Å². The van der Waals surface area contributed by atoms with Gasteiger partial charge >= 0.3 is 0 Å². The minimum atomic E-state index is -0.159. The van der Waals surface area contributed by atoms with E-state index < -0.39 is 0 Å². The van der Waals surface area contributed by atoms with Gasteiger partial charge in [-0.15, -0.1) is 0 Å². The minimum Gasteiger partial charge on any atom is -0.326 e. The van der Waals surface area contributed by atoms with Crippen molar-refractivity contribution >= 4 is 28.4 Å². The molecule has 2 aromatic heterocycles. The average Bonchev–Trinajstić information content (AvgIpc) is 2.98. The molecule has 3 rings (SSSR count). The predicted octanol–water partition coefficient (Wildman–Crippen LogP) is 4.89. The zero-order valence-electron chi connectivity index (χ0n) is 18.9. The number of hydrogen-bond donors (Lipinski definition) is 1. The van der Waals surface area contributed by atoms with Crippen LogP contribution in [-0.2, 0) is 16.8 Å². The first-order valence-corrected chi connectivity index (χ1v) is 10.3. The maximum Gasteiger partial charge on any atom is 0.224 e. The molecular weight excluding hydrogens is 376 g/mol. The van der Waals surface area contributed by atoms with Crippen molar-refractivity contribution in [3.8, 4) is 0 Å². The Balaban J connectivity index is 1.83. The molecule has 6 heteroatoms. The lowest BCUT2D eigenvalue weighted by atomic mass is 9.99. The van der Waals surface area contributed by atoms with Crippen LogP contribution in [0.15, 0.2) is 24.3 Å². The molecule has 3 aromatic rings. The SMILES string of the molecule is CC(=O)c1cccc(NC(=O)CCc2c(C)nc3c(c(C)nn3C(C)(C)C)c2C)c1. The van der Waals surface area contributed by atoms with Crippen LogP contribution in [-0.4, -0.2) is 26.5 Å². The first-order chi connectivity index (χ1) is 14.0. The Kier molecular flexibility index (Phi) is 5.79. The van der Waals surface area contributed by atoms with E-state index in [1.807, 2.05) is 18.5 Å². The Labute approximate surface area is 177 Å². The Morgan fingerprint density at radius 3 is 2.43 bits per heavy atom. The normalized spacial score (nSPS) is 11.7. The van der Waals surface area contributed by atoms with Gasteiger partial charge in [0.1, 0.15) is 0 Å². The summed E-state index contributed by atoms with van der Waals surface area (Å²) in [6.45, 7) is 13.9. The molecule has 0 saturated carbocycles. The van der Waals surface area contributed by atoms with Crippen LogP contribution in [0.3, 0.4) is 0 Å². The third-order valence-corrected chi connectivity index (χ3v) is 5.36. The molecule has 1 N–H and O–H groups in total. The number of fused-ring (bicyclic) bond motifs is 1. The molecule has 0 saturated heterocycles. The predicted molar refractivity (Wildman–Crippen MR) is 120 cm³/mol. The summed E-state index contributed by atoms with van der Waals surface area (Å²) in [5, 5.41) is 8.69. The number of aryl methyl sites for hydroxylation is 3. The molecule has 0 aliphatic heterocycles. The first-order valence-electron chi connectivity index (χ1n) is 10.3. The number of nitrogens with zero attached hydrogens (tertiary/aromatic N) is 3. The number of ketones is 1. The zero-order valence-corrected chi connectivity index (χ0v) is 18.9. The molecule has 0 radical (unpaired) electrons. The highest BCUT2D eigenvalue weighted by atomic mass is 16.1. The van der Waals surface area contributed by atoms with E-state index in [-0.39, 0.29) is 17.2 Å². The van der Waals surface area contributed by atoms with Crippen LogP contribution < -0.4 is 5.32 Å². The Morgan fingerprint density at radius 1 is 1.10 bits per heavy atom. The van der Waals surface area contributed by atoms with E-state index in [2.05, 4.69) is 33.0 Å². The zero-order chi connectivity index (χ0) is 22.2. The van der Waals surface area contributed by atoms with E-state index in [1.54, 1.807) is 24.3 Å². The minimum absolute atomic E-state index is 0.0251. The second-order valence-electron chi connectivity index (χ2n) is 8.85. The molecule has 0 aliphatic rings. The summed E-state index contributed by atoms with van der Waals surface area (Å²) in [4.78, 5) is 28.9. The van der Waals surface area contributed by atoms with Crippen LogP contribution >= 0.6 is 0 Å². The number of aromatic nitrogens is 3. The van der Waals surface area contributed by atoms with Crippen molar-refractivity contribution in [3.63, 3.8) is 0 Å². The van der Waals surface area contributed by atoms with Gasteiger partial charge in [-0.2, -0.15) is 5.10 Å². The Morgan fingerprint density at radius 2 is 1.80 bits per heavy atom. The van der Waals surface area contributed by atoms with E-state index in [0.717, 1.165) is 33.5 Å². The van der Waals surface area contributed by atoms with Gasteiger partial charge in [0, 0.05) is 28.8 Å². The highest BCUT2D eigenvalue weighted by Gasteiger charge is 2.23. The number of nitrogens with one attached hydrogen (secondary N) is 1. The number of pyridine rings is 1. The number of rotatable bonds is 5. The van der Waals surface area contributed by atoms with Crippen LogP contribution in [0.4, 0.5) is 5.69 Å². The molecule has 1 aromatic carbocycles. The van der Waals surface area contributed by atoms with Gasteiger partial charge in [0.25, 0.3) is 0 Å². The summed E-state index contributed by atoms with van der Waals surface area (Å²) in [5.74, 6) is -0.111. The van der Waals surface area contributed by atoms with E-state index in [4.69, 9.17) is 10.1 Å². The average molecular weight is 407 g/mol. The smallest absolute Gasteiger partial charge is 0.224 e. The molecule has 0 unspecified atom stereocenters. The third kappa shape index (κ3) is 4.27. The highest BCUT2D eigenvalue weighted by molar-refractivity contribution is 5.97. The fraction of sp³-hybridized carbons (Fsp3) is 0.417. The molecule has 0 spiro atoms. The van der Waals surface area contributed by atoms with Crippen LogP contribution in [0.2, 0.25) is 0 Å². The Hall–Kier alpha value is -3.02. The lowest BCUT2D eigenvalue weighted by Crippen LogP contribution is -2.23. The third-order valence-electron chi connectivity index (χ3n) is 5.36. The van der Waals surface area contributed by atoms with Gasteiger partial charge in [0.05, 0.1) is 11.2 Å². The number of carbonyl (C=O) groups excluding carboxylic acids is 2. The molecule has 158 valence electrons. The summed E-state index contributed by atoms with van der Waals surface area (Å²) < 4.78 is 1.98. The highest BCUT2D eigenvalue weighted by Crippen LogP contribution is 2.29. The Bertz CT molecular complexity index is 1140. The molecule has 30 heavy (non-hydrogen) atoms. The van der Waals surface area contributed by atoms with Crippen molar-refractivity contribution in [1.29, 1.82) is 0 Å². The van der Waals surface area contributed by atoms with Crippen LogP contribution in [0.1, 0.15) is 67.0 Å². The van der Waals surface area contributed by atoms with E-state index in [0.29, 0.717) is 24.1 Å². The summed E-state index contributed by atoms with van der Waals surface area (Å²) in [5.41, 5.74) is 6.06. The maximum absolute atomic E-state index is 12.5. The quantitative estimate of drug-likeness (QED) is 0.612. The molecule has 0 fully saturated rings. The number of Topliss-reactive ketones (excluding diaryl/α,β-unsaturated/α-hetero) is 1. The first kappa shape index (κ1) is 21.7. The topological polar surface area (TPSA) is 76.9 Å². The fourth-order valence-electron chi connectivity index (χ4n) is 3.82. The molecule has 2 heterocycles. The van der Waals surface area contributed by atoms with Crippen molar-refractivity contribution in [3.05, 3.63) is 52.3 Å². The number of benzene rings is 1. The second-order valence-corrected chi connectivity index (χ2v) is 8.85. The van der Waals surface area contributed by atoms with Gasteiger partial charge in [-0.05, 0) is 78.1 Å². The van der Waals surface area contributed by atoms with Crippen LogP contribution in [0.5, 0.6) is 0 Å². The fourth-order valence-corrected chi connectivity index (χ4v) is 3.82. The van der Waals surface area contributed by atoms with Crippen molar-refractivity contribution < 1.29 is 9.59 Å². The molecule has 0 aliphatic carbocycles. The van der Waals surface area contributed by atoms with Gasteiger partial charge < -0.3 is 5.32 Å². The lowest BCUT2D eigenvalue weighted by molar-refractivity contribution is -0.116. The molecule has 6 nitrogen and oxygen atoms in total. The molecule has 0 atom stereocenters. The molecule has 1 amide bonds. The monoisotopic (exact) mass is 406 g/mol. The molecular formula is C24H30N4O2. The van der Waals surface area contributed by atoms with Gasteiger partial charge in [0.2, 0.25) is 5.91 Å². The number of hydrogen-bond acceptors (Lipinski definition) is 4. The standard InChI is InChI=1S/C24H30N4O2/c1-14-20(11-12-21(30)26-19-10-8-9-18(13-19)17(4)29)15(2)25-23-22(14)16(3)27-28(23)24(5,6)7/h8-10,13H,11-12H2,1-7H3,(H,26,30). The largest absolute Gasteiger partial charge is 0.326 e. The van der Waals surface area contributed by atoms with Gasteiger partial charge in [0.15, 0.2) is 11.4 Å². The van der Waals surface area contributed by atoms with E-state index in [1.165, 1.54) is 6.92 Å². The van der Waals surface area contributed by atoms with Crippen LogP contribution in [0.25, 0.3) is 11.0 Å². The number of anilines is 1. The van der Waals surface area contributed by atoms with Gasteiger partial charge in [-0.3, -0.25) is 9.59 Å². The van der Waals surface area contributed by atoms with Crippen LogP contribution in [0, 0.1) is 20.8 Å². The van der Waals surface area contributed by atoms with E-state index in [9.17, 15) is 9.59 Å². The number of amides is 1. The van der Waals surface area contributed by atoms with Gasteiger partial charge in [-0.1, -0.05) is 12.1 Å².